The molecule has 0 unspecified atom stereocenters. The summed E-state index contributed by atoms with van der Waals surface area (Å²) in [7, 11) is 1.63. The van der Waals surface area contributed by atoms with Crippen molar-refractivity contribution in [3.05, 3.63) is 106 Å². The van der Waals surface area contributed by atoms with E-state index in [-0.39, 0.29) is 18.3 Å². The van der Waals surface area contributed by atoms with Crippen molar-refractivity contribution in [2.24, 2.45) is 0 Å². The van der Waals surface area contributed by atoms with Crippen molar-refractivity contribution in [1.29, 1.82) is 5.26 Å². The molecular formula is C30H30FN3O. The quantitative estimate of drug-likeness (QED) is 0.291. The molecule has 4 nitrogen and oxygen atoms in total. The standard InChI is InChI=1S/C30H30FN3O/c1-18(2)27-21(5)8-9-24(28(27)31)17-34(7)30(35)22(6)10-19(3)11-23-13-25-12-20(4)16-33-29(25)26(14-23)15-32/h8-10,12-14,16H,1,6,11,17H2,2-5,7H3/b19-10+. The molecule has 0 saturated heterocycles. The topological polar surface area (TPSA) is 57.0 Å². The minimum Gasteiger partial charge on any atom is -0.337 e. The number of allylic oxidation sites excluding steroid dienone is 2. The first kappa shape index (κ1) is 25.6. The van der Waals surface area contributed by atoms with Crippen LogP contribution in [0.25, 0.3) is 16.5 Å². The smallest absolute Gasteiger partial charge is 0.253 e. The molecule has 1 aromatic heterocycles. The van der Waals surface area contributed by atoms with Crippen molar-refractivity contribution in [1.82, 2.24) is 9.88 Å². The molecule has 1 amide bonds. The van der Waals surface area contributed by atoms with E-state index in [4.69, 9.17) is 0 Å². The number of rotatable bonds is 7. The summed E-state index contributed by atoms with van der Waals surface area (Å²) in [6, 6.07) is 11.6. The van der Waals surface area contributed by atoms with E-state index in [0.29, 0.717) is 39.8 Å². The molecule has 2 aromatic carbocycles. The van der Waals surface area contributed by atoms with Gasteiger partial charge >= 0.3 is 0 Å². The van der Waals surface area contributed by atoms with Crippen molar-refractivity contribution in [2.45, 2.75) is 40.7 Å². The maximum atomic E-state index is 15.0. The molecule has 0 radical (unpaired) electrons. The molecular weight excluding hydrogens is 437 g/mol. The molecule has 0 bridgehead atoms. The minimum atomic E-state index is -0.344. The van der Waals surface area contributed by atoms with Gasteiger partial charge in [0.05, 0.1) is 11.1 Å². The number of benzene rings is 2. The molecule has 3 aromatic rings. The summed E-state index contributed by atoms with van der Waals surface area (Å²) >= 11 is 0. The molecule has 0 atom stereocenters. The number of aryl methyl sites for hydroxylation is 2. The van der Waals surface area contributed by atoms with E-state index in [1.54, 1.807) is 32.3 Å². The third-order valence-electron chi connectivity index (χ3n) is 5.89. The van der Waals surface area contributed by atoms with Crippen LogP contribution in [-0.2, 0) is 17.8 Å². The van der Waals surface area contributed by atoms with Crippen molar-refractivity contribution in [3.8, 4) is 6.07 Å². The van der Waals surface area contributed by atoms with Gasteiger partial charge in [-0.05, 0) is 74.6 Å². The Morgan fingerprint density at radius 2 is 1.91 bits per heavy atom. The number of amides is 1. The van der Waals surface area contributed by atoms with Gasteiger partial charge in [-0.1, -0.05) is 36.9 Å². The summed E-state index contributed by atoms with van der Waals surface area (Å²) in [6.07, 6.45) is 4.06. The van der Waals surface area contributed by atoms with Crippen molar-refractivity contribution < 1.29 is 9.18 Å². The van der Waals surface area contributed by atoms with E-state index >= 15 is 0 Å². The largest absolute Gasteiger partial charge is 0.337 e. The number of fused-ring (bicyclic) bond motifs is 1. The Morgan fingerprint density at radius 3 is 2.57 bits per heavy atom. The van der Waals surface area contributed by atoms with Crippen LogP contribution in [0.5, 0.6) is 0 Å². The highest BCUT2D eigenvalue weighted by atomic mass is 19.1. The first-order chi connectivity index (χ1) is 16.5. The Balaban J connectivity index is 1.76. The SMILES string of the molecule is C=C(/C=C(\C)Cc1cc(C#N)c2ncc(C)cc2c1)C(=O)N(C)Cc1ccc(C)c(C(=C)C)c1F. The Kier molecular flexibility index (Phi) is 7.66. The highest BCUT2D eigenvalue weighted by Gasteiger charge is 2.17. The molecule has 0 saturated carbocycles. The number of carbonyl (C=O) groups excluding carboxylic acids is 1. The molecule has 35 heavy (non-hydrogen) atoms. The average Bonchev–Trinajstić information content (AvgIpc) is 2.79. The van der Waals surface area contributed by atoms with Gasteiger partial charge in [-0.3, -0.25) is 9.78 Å². The zero-order valence-electron chi connectivity index (χ0n) is 21.0. The van der Waals surface area contributed by atoms with E-state index in [2.05, 4.69) is 24.2 Å². The fourth-order valence-corrected chi connectivity index (χ4v) is 4.28. The van der Waals surface area contributed by atoms with Crippen LogP contribution in [0.3, 0.4) is 0 Å². The second kappa shape index (κ2) is 10.5. The molecule has 178 valence electrons. The van der Waals surface area contributed by atoms with Crippen LogP contribution >= 0.6 is 0 Å². The number of halogens is 1. The second-order valence-corrected chi connectivity index (χ2v) is 9.20. The van der Waals surface area contributed by atoms with E-state index in [1.165, 1.54) is 4.90 Å². The Labute approximate surface area is 206 Å². The second-order valence-electron chi connectivity index (χ2n) is 9.20. The first-order valence-corrected chi connectivity index (χ1v) is 11.4. The number of hydrogen-bond donors (Lipinski definition) is 0. The monoisotopic (exact) mass is 467 g/mol. The molecule has 0 spiro atoms. The van der Waals surface area contributed by atoms with Gasteiger partial charge in [0, 0.05) is 41.9 Å². The van der Waals surface area contributed by atoms with Crippen molar-refractivity contribution in [2.75, 3.05) is 7.05 Å². The van der Waals surface area contributed by atoms with Gasteiger partial charge < -0.3 is 4.90 Å². The Morgan fingerprint density at radius 1 is 1.20 bits per heavy atom. The van der Waals surface area contributed by atoms with Gasteiger partial charge in [-0.15, -0.1) is 0 Å². The number of nitriles is 1. The lowest BCUT2D eigenvalue weighted by Gasteiger charge is -2.20. The molecule has 1 heterocycles. The lowest BCUT2D eigenvalue weighted by molar-refractivity contribution is -0.126. The molecule has 3 rings (SSSR count). The van der Waals surface area contributed by atoms with E-state index in [0.717, 1.165) is 27.6 Å². The minimum absolute atomic E-state index is 0.125. The van der Waals surface area contributed by atoms with Crippen LogP contribution in [0, 0.1) is 31.0 Å². The van der Waals surface area contributed by atoms with Crippen LogP contribution in [0.1, 0.15) is 47.2 Å². The Hall–Kier alpha value is -4.04. The van der Waals surface area contributed by atoms with Gasteiger partial charge in [0.1, 0.15) is 11.9 Å². The Bertz CT molecular complexity index is 1430. The number of nitrogens with zero attached hydrogens (tertiary/aromatic N) is 3. The summed E-state index contributed by atoms with van der Waals surface area (Å²) in [4.78, 5) is 18.8. The van der Waals surface area contributed by atoms with Crippen LogP contribution in [0.15, 0.2) is 66.9 Å². The molecule has 0 fully saturated rings. The fourth-order valence-electron chi connectivity index (χ4n) is 4.28. The summed E-state index contributed by atoms with van der Waals surface area (Å²) < 4.78 is 15.0. The van der Waals surface area contributed by atoms with Crippen molar-refractivity contribution in [3.63, 3.8) is 0 Å². The highest BCUT2D eigenvalue weighted by Crippen LogP contribution is 2.25. The third kappa shape index (κ3) is 5.73. The number of likely N-dealkylation sites (N-methyl/N-ethyl adjacent to an activating group) is 1. The lowest BCUT2D eigenvalue weighted by atomic mass is 9.98. The molecule has 0 aliphatic carbocycles. The summed E-state index contributed by atoms with van der Waals surface area (Å²) in [5, 5.41) is 10.5. The number of carbonyl (C=O) groups is 1. The fraction of sp³-hybridized carbons (Fsp3) is 0.233. The first-order valence-electron chi connectivity index (χ1n) is 11.4. The zero-order valence-corrected chi connectivity index (χ0v) is 21.0. The predicted octanol–water partition coefficient (Wildman–Crippen LogP) is 6.60. The van der Waals surface area contributed by atoms with Crippen molar-refractivity contribution >= 4 is 22.4 Å². The summed E-state index contributed by atoms with van der Waals surface area (Å²) in [6.45, 7) is 15.4. The van der Waals surface area contributed by atoms with Crippen LogP contribution < -0.4 is 0 Å². The maximum absolute atomic E-state index is 15.0. The number of pyridine rings is 1. The normalized spacial score (nSPS) is 11.3. The van der Waals surface area contributed by atoms with Crippen LogP contribution in [0.4, 0.5) is 4.39 Å². The molecule has 0 aliphatic rings. The summed E-state index contributed by atoms with van der Waals surface area (Å²) in [5.74, 6) is -0.624. The highest BCUT2D eigenvalue weighted by molar-refractivity contribution is 5.95. The van der Waals surface area contributed by atoms with E-state index in [9.17, 15) is 14.4 Å². The number of aromatic nitrogens is 1. The van der Waals surface area contributed by atoms with Gasteiger partial charge in [0.2, 0.25) is 0 Å². The van der Waals surface area contributed by atoms with Crippen LogP contribution in [-0.4, -0.2) is 22.8 Å². The van der Waals surface area contributed by atoms with Gasteiger partial charge in [-0.2, -0.15) is 5.26 Å². The number of hydrogen-bond acceptors (Lipinski definition) is 3. The van der Waals surface area contributed by atoms with Gasteiger partial charge in [0.15, 0.2) is 0 Å². The molecule has 0 N–H and O–H groups in total. The lowest BCUT2D eigenvalue weighted by Crippen LogP contribution is -2.27. The third-order valence-corrected chi connectivity index (χ3v) is 5.89. The van der Waals surface area contributed by atoms with E-state index in [1.807, 2.05) is 45.0 Å². The van der Waals surface area contributed by atoms with Gasteiger partial charge in [0.25, 0.3) is 5.91 Å². The predicted molar refractivity (Wildman–Crippen MR) is 140 cm³/mol. The molecule has 0 aliphatic heterocycles. The molecule has 5 heteroatoms. The van der Waals surface area contributed by atoms with E-state index < -0.39 is 0 Å². The van der Waals surface area contributed by atoms with Crippen LogP contribution in [0.2, 0.25) is 0 Å². The zero-order chi connectivity index (χ0) is 25.9. The maximum Gasteiger partial charge on any atom is 0.253 e. The summed E-state index contributed by atoms with van der Waals surface area (Å²) in [5.41, 5.74) is 6.82. The van der Waals surface area contributed by atoms with Gasteiger partial charge in [-0.25, -0.2) is 4.39 Å². The average molecular weight is 468 g/mol.